The molecule has 0 heterocycles. The van der Waals surface area contributed by atoms with Crippen molar-refractivity contribution in [2.45, 2.75) is 52.3 Å². The number of nitrogens with one attached hydrogen (secondary N) is 2. The lowest BCUT2D eigenvalue weighted by molar-refractivity contribution is -0.150. The number of alkyl carbamates (subject to hydrolysis) is 1. The molecular weight excluding hydrogens is 380 g/mol. The SMILES string of the molecule is CCOC(=O)C[C@@H](NC(=O)[C@H](CC(C)C)NC(=O)OCc1ccccc1)C(=O)O. The van der Waals surface area contributed by atoms with Crippen molar-refractivity contribution in [1.29, 1.82) is 0 Å². The van der Waals surface area contributed by atoms with Crippen molar-refractivity contribution in [3.05, 3.63) is 35.9 Å². The number of hydrogen-bond acceptors (Lipinski definition) is 6. The van der Waals surface area contributed by atoms with Crippen LogP contribution in [-0.4, -0.2) is 47.7 Å². The number of esters is 1. The van der Waals surface area contributed by atoms with Crippen molar-refractivity contribution in [3.8, 4) is 0 Å². The molecule has 29 heavy (non-hydrogen) atoms. The fourth-order valence-electron chi connectivity index (χ4n) is 2.47. The van der Waals surface area contributed by atoms with Gasteiger partial charge in [0.25, 0.3) is 0 Å². The van der Waals surface area contributed by atoms with Gasteiger partial charge in [0.05, 0.1) is 13.0 Å². The summed E-state index contributed by atoms with van der Waals surface area (Å²) >= 11 is 0. The Balaban J connectivity index is 2.71. The fraction of sp³-hybridized carbons (Fsp3) is 0.500. The molecule has 1 aromatic carbocycles. The van der Waals surface area contributed by atoms with Crippen molar-refractivity contribution >= 4 is 23.9 Å². The molecule has 0 aliphatic carbocycles. The van der Waals surface area contributed by atoms with Crippen LogP contribution in [0.3, 0.4) is 0 Å². The van der Waals surface area contributed by atoms with E-state index in [2.05, 4.69) is 10.6 Å². The quantitative estimate of drug-likeness (QED) is 0.476. The summed E-state index contributed by atoms with van der Waals surface area (Å²) in [6.07, 6.45) is -1.05. The van der Waals surface area contributed by atoms with Crippen LogP contribution >= 0.6 is 0 Å². The molecule has 0 aliphatic heterocycles. The van der Waals surface area contributed by atoms with Crippen LogP contribution in [0.15, 0.2) is 30.3 Å². The van der Waals surface area contributed by atoms with Crippen LogP contribution in [0.1, 0.15) is 39.2 Å². The zero-order chi connectivity index (χ0) is 21.8. The van der Waals surface area contributed by atoms with Gasteiger partial charge in [0.15, 0.2) is 0 Å². The highest BCUT2D eigenvalue weighted by Crippen LogP contribution is 2.08. The minimum absolute atomic E-state index is 0.0311. The lowest BCUT2D eigenvalue weighted by atomic mass is 10.0. The first-order valence-corrected chi connectivity index (χ1v) is 9.38. The van der Waals surface area contributed by atoms with Crippen molar-refractivity contribution in [2.75, 3.05) is 6.61 Å². The lowest BCUT2D eigenvalue weighted by Gasteiger charge is -2.22. The molecule has 0 radical (unpaired) electrons. The zero-order valence-electron chi connectivity index (χ0n) is 16.8. The fourth-order valence-corrected chi connectivity index (χ4v) is 2.47. The van der Waals surface area contributed by atoms with Crippen LogP contribution in [0.4, 0.5) is 4.79 Å². The van der Waals surface area contributed by atoms with E-state index in [1.807, 2.05) is 19.9 Å². The van der Waals surface area contributed by atoms with Gasteiger partial charge in [-0.25, -0.2) is 9.59 Å². The highest BCUT2D eigenvalue weighted by atomic mass is 16.5. The monoisotopic (exact) mass is 408 g/mol. The number of rotatable bonds is 11. The molecule has 0 fully saturated rings. The smallest absolute Gasteiger partial charge is 0.408 e. The van der Waals surface area contributed by atoms with Gasteiger partial charge < -0.3 is 25.2 Å². The van der Waals surface area contributed by atoms with Gasteiger partial charge in [-0.05, 0) is 24.8 Å². The average Bonchev–Trinajstić information content (AvgIpc) is 2.65. The van der Waals surface area contributed by atoms with Crippen LogP contribution in [0.25, 0.3) is 0 Å². The van der Waals surface area contributed by atoms with E-state index in [-0.39, 0.29) is 25.6 Å². The van der Waals surface area contributed by atoms with Gasteiger partial charge in [-0.15, -0.1) is 0 Å². The van der Waals surface area contributed by atoms with E-state index in [0.29, 0.717) is 0 Å². The molecular formula is C20H28N2O7. The first-order valence-electron chi connectivity index (χ1n) is 9.38. The van der Waals surface area contributed by atoms with Gasteiger partial charge in [-0.1, -0.05) is 44.2 Å². The van der Waals surface area contributed by atoms with Gasteiger partial charge in [0.2, 0.25) is 5.91 Å². The molecule has 0 aliphatic rings. The maximum atomic E-state index is 12.5. The summed E-state index contributed by atoms with van der Waals surface area (Å²) < 4.78 is 9.84. The summed E-state index contributed by atoms with van der Waals surface area (Å²) in [4.78, 5) is 47.6. The minimum Gasteiger partial charge on any atom is -0.480 e. The number of aliphatic carboxylic acids is 1. The summed E-state index contributed by atoms with van der Waals surface area (Å²) in [6.45, 7) is 5.43. The van der Waals surface area contributed by atoms with E-state index in [1.165, 1.54) is 0 Å². The summed E-state index contributed by atoms with van der Waals surface area (Å²) in [7, 11) is 0. The predicted octanol–water partition coefficient (Wildman–Crippen LogP) is 1.85. The molecule has 1 rings (SSSR count). The van der Waals surface area contributed by atoms with Crippen LogP contribution in [0.5, 0.6) is 0 Å². The number of carbonyl (C=O) groups is 4. The van der Waals surface area contributed by atoms with Gasteiger partial charge >= 0.3 is 18.0 Å². The van der Waals surface area contributed by atoms with Gasteiger partial charge in [0, 0.05) is 0 Å². The van der Waals surface area contributed by atoms with Crippen LogP contribution in [-0.2, 0) is 30.5 Å². The zero-order valence-corrected chi connectivity index (χ0v) is 16.8. The Morgan fingerprint density at radius 1 is 1.00 bits per heavy atom. The molecule has 0 saturated heterocycles. The van der Waals surface area contributed by atoms with Crippen LogP contribution in [0, 0.1) is 5.92 Å². The third-order valence-corrected chi connectivity index (χ3v) is 3.82. The molecule has 2 amide bonds. The number of carboxylic acids is 1. The van der Waals surface area contributed by atoms with Gasteiger partial charge in [0.1, 0.15) is 18.7 Å². The molecule has 160 valence electrons. The Bertz CT molecular complexity index is 691. The molecule has 2 atom stereocenters. The van der Waals surface area contributed by atoms with Crippen molar-refractivity contribution in [2.24, 2.45) is 5.92 Å². The summed E-state index contributed by atoms with van der Waals surface area (Å²) in [6, 6.07) is 6.56. The van der Waals surface area contributed by atoms with E-state index in [1.54, 1.807) is 31.2 Å². The first-order chi connectivity index (χ1) is 13.7. The Morgan fingerprint density at radius 2 is 1.66 bits per heavy atom. The second-order valence-electron chi connectivity index (χ2n) is 6.80. The summed E-state index contributed by atoms with van der Waals surface area (Å²) in [5.74, 6) is -2.79. The predicted molar refractivity (Wildman–Crippen MR) is 104 cm³/mol. The number of carbonyl (C=O) groups excluding carboxylic acids is 3. The molecule has 9 nitrogen and oxygen atoms in total. The van der Waals surface area contributed by atoms with Gasteiger partial charge in [-0.2, -0.15) is 0 Å². The summed E-state index contributed by atoms with van der Waals surface area (Å²) in [5, 5.41) is 14.0. The molecule has 0 spiro atoms. The Kier molecular flexibility index (Phi) is 10.2. The molecule has 0 bridgehead atoms. The van der Waals surface area contributed by atoms with E-state index in [9.17, 15) is 24.3 Å². The summed E-state index contributed by atoms with van der Waals surface area (Å²) in [5.41, 5.74) is 0.785. The molecule has 9 heteroatoms. The lowest BCUT2D eigenvalue weighted by Crippen LogP contribution is -2.52. The third-order valence-electron chi connectivity index (χ3n) is 3.82. The van der Waals surface area contributed by atoms with E-state index >= 15 is 0 Å². The van der Waals surface area contributed by atoms with Crippen molar-refractivity contribution in [1.82, 2.24) is 10.6 Å². The number of ether oxygens (including phenoxy) is 2. The second-order valence-corrected chi connectivity index (χ2v) is 6.80. The average molecular weight is 408 g/mol. The maximum Gasteiger partial charge on any atom is 0.408 e. The van der Waals surface area contributed by atoms with Crippen molar-refractivity contribution in [3.63, 3.8) is 0 Å². The molecule has 1 aromatic rings. The molecule has 3 N–H and O–H groups in total. The third kappa shape index (κ3) is 9.59. The van der Waals surface area contributed by atoms with E-state index < -0.39 is 42.4 Å². The van der Waals surface area contributed by atoms with Crippen molar-refractivity contribution < 1.29 is 33.8 Å². The number of amides is 2. The van der Waals surface area contributed by atoms with Gasteiger partial charge in [-0.3, -0.25) is 9.59 Å². The Labute approximate surface area is 169 Å². The van der Waals surface area contributed by atoms with Crippen LogP contribution in [0.2, 0.25) is 0 Å². The van der Waals surface area contributed by atoms with Crippen LogP contribution < -0.4 is 10.6 Å². The molecule has 0 unspecified atom stereocenters. The van der Waals surface area contributed by atoms with E-state index in [4.69, 9.17) is 9.47 Å². The Morgan fingerprint density at radius 3 is 2.21 bits per heavy atom. The minimum atomic E-state index is -1.46. The largest absolute Gasteiger partial charge is 0.480 e. The topological polar surface area (TPSA) is 131 Å². The number of hydrogen-bond donors (Lipinski definition) is 3. The first kappa shape index (κ1) is 23.9. The number of carboxylic acid groups (broad SMARTS) is 1. The molecule has 0 aromatic heterocycles. The Hall–Kier alpha value is -3.10. The normalized spacial score (nSPS) is 12.6. The maximum absolute atomic E-state index is 12.5. The highest BCUT2D eigenvalue weighted by molar-refractivity contribution is 5.91. The van der Waals surface area contributed by atoms with E-state index in [0.717, 1.165) is 5.56 Å². The number of benzene rings is 1. The second kappa shape index (κ2) is 12.4. The molecule has 0 saturated carbocycles. The highest BCUT2D eigenvalue weighted by Gasteiger charge is 2.29. The standard InChI is InChI=1S/C20H28N2O7/c1-4-28-17(23)11-16(19(25)26)21-18(24)15(10-13(2)3)22-20(27)29-12-14-8-6-5-7-9-14/h5-9,13,15-16H,4,10-12H2,1-3H3,(H,21,24)(H,22,27)(H,25,26)/t15-,16+/m0/s1.